The standard InChI is InChI=1S/C25H25NO4/c1-18(26-29)22-14-15-24(30-17-20-6-3-2-4-7-20)23(16-22)9-5-8-19-10-12-21(13-11-19)25(27)28/h2-4,6-7,10-16,29H,5,8-9,17H2,1H3,(H,27,28). The first-order chi connectivity index (χ1) is 14.6. The molecule has 3 rings (SSSR count). The van der Waals surface area contributed by atoms with Crippen LogP contribution >= 0.6 is 0 Å². The number of ether oxygens (including phenoxy) is 1. The molecule has 0 radical (unpaired) electrons. The third kappa shape index (κ3) is 5.70. The van der Waals surface area contributed by atoms with Gasteiger partial charge in [-0.1, -0.05) is 47.6 Å². The molecule has 0 amide bonds. The van der Waals surface area contributed by atoms with Crippen LogP contribution in [-0.4, -0.2) is 22.0 Å². The molecule has 2 N–H and O–H groups in total. The molecular formula is C25H25NO4. The minimum absolute atomic E-state index is 0.293. The van der Waals surface area contributed by atoms with Gasteiger partial charge in [0.15, 0.2) is 0 Å². The Morgan fingerprint density at radius 3 is 2.27 bits per heavy atom. The molecule has 0 saturated heterocycles. The van der Waals surface area contributed by atoms with Crippen molar-refractivity contribution in [2.45, 2.75) is 32.8 Å². The fourth-order valence-electron chi connectivity index (χ4n) is 3.23. The van der Waals surface area contributed by atoms with Gasteiger partial charge in [0.05, 0.1) is 11.3 Å². The first-order valence-electron chi connectivity index (χ1n) is 9.87. The normalized spacial score (nSPS) is 11.3. The highest BCUT2D eigenvalue weighted by molar-refractivity contribution is 5.98. The highest BCUT2D eigenvalue weighted by Crippen LogP contribution is 2.24. The summed E-state index contributed by atoms with van der Waals surface area (Å²) in [6, 6.07) is 22.8. The van der Waals surface area contributed by atoms with E-state index in [1.54, 1.807) is 19.1 Å². The van der Waals surface area contributed by atoms with Crippen molar-refractivity contribution >= 4 is 11.7 Å². The number of rotatable bonds is 9. The van der Waals surface area contributed by atoms with Gasteiger partial charge in [-0.2, -0.15) is 0 Å². The topological polar surface area (TPSA) is 79.1 Å². The fraction of sp³-hybridized carbons (Fsp3) is 0.200. The maximum atomic E-state index is 11.0. The number of hydrogen-bond donors (Lipinski definition) is 2. The van der Waals surface area contributed by atoms with Gasteiger partial charge in [-0.25, -0.2) is 4.79 Å². The zero-order chi connectivity index (χ0) is 21.3. The Bertz CT molecular complexity index is 1010. The summed E-state index contributed by atoms with van der Waals surface area (Å²) in [5.74, 6) is -0.103. The van der Waals surface area contributed by atoms with E-state index in [2.05, 4.69) is 5.16 Å². The molecule has 0 saturated carbocycles. The lowest BCUT2D eigenvalue weighted by Crippen LogP contribution is -2.03. The third-order valence-corrected chi connectivity index (χ3v) is 4.98. The van der Waals surface area contributed by atoms with E-state index in [1.165, 1.54) is 0 Å². The molecule has 3 aromatic carbocycles. The summed E-state index contributed by atoms with van der Waals surface area (Å²) in [5.41, 5.74) is 4.94. The van der Waals surface area contributed by atoms with Crippen molar-refractivity contribution in [1.29, 1.82) is 0 Å². The van der Waals surface area contributed by atoms with Crippen LogP contribution in [0.15, 0.2) is 78.0 Å². The van der Waals surface area contributed by atoms with Crippen molar-refractivity contribution in [2.75, 3.05) is 0 Å². The Kier molecular flexibility index (Phi) is 7.22. The van der Waals surface area contributed by atoms with Crippen molar-refractivity contribution < 1.29 is 19.8 Å². The number of carboxylic acid groups (broad SMARTS) is 1. The number of benzene rings is 3. The summed E-state index contributed by atoms with van der Waals surface area (Å²) < 4.78 is 6.07. The van der Waals surface area contributed by atoms with Crippen molar-refractivity contribution in [3.05, 3.63) is 101 Å². The summed E-state index contributed by atoms with van der Waals surface area (Å²) >= 11 is 0. The molecule has 154 valence electrons. The monoisotopic (exact) mass is 403 g/mol. The summed E-state index contributed by atoms with van der Waals surface area (Å²) in [5, 5.41) is 21.4. The predicted molar refractivity (Wildman–Crippen MR) is 117 cm³/mol. The first kappa shape index (κ1) is 21.1. The zero-order valence-corrected chi connectivity index (χ0v) is 16.9. The molecule has 0 fully saturated rings. The lowest BCUT2D eigenvalue weighted by Gasteiger charge is -2.13. The van der Waals surface area contributed by atoms with Gasteiger partial charge in [0.25, 0.3) is 0 Å². The molecule has 0 aliphatic heterocycles. The SMILES string of the molecule is CC(=NO)c1ccc(OCc2ccccc2)c(CCCc2ccc(C(=O)O)cc2)c1. The molecule has 30 heavy (non-hydrogen) atoms. The molecule has 5 heteroatoms. The lowest BCUT2D eigenvalue weighted by atomic mass is 9.99. The Labute approximate surface area is 176 Å². The largest absolute Gasteiger partial charge is 0.489 e. The number of carboxylic acids is 1. The predicted octanol–water partition coefficient (Wildman–Crippen LogP) is 5.34. The first-order valence-corrected chi connectivity index (χ1v) is 9.87. The van der Waals surface area contributed by atoms with Gasteiger partial charge >= 0.3 is 5.97 Å². The third-order valence-electron chi connectivity index (χ3n) is 4.98. The highest BCUT2D eigenvalue weighted by atomic mass is 16.5. The molecule has 0 aliphatic rings. The minimum atomic E-state index is -0.917. The number of aromatic carboxylic acids is 1. The highest BCUT2D eigenvalue weighted by Gasteiger charge is 2.09. The summed E-state index contributed by atoms with van der Waals surface area (Å²) in [6.45, 7) is 2.24. The zero-order valence-electron chi connectivity index (χ0n) is 16.9. The van der Waals surface area contributed by atoms with E-state index in [0.29, 0.717) is 17.9 Å². The van der Waals surface area contributed by atoms with Gasteiger partial charge in [-0.05, 0) is 78.8 Å². The number of nitrogens with zero attached hydrogens (tertiary/aromatic N) is 1. The van der Waals surface area contributed by atoms with Gasteiger partial charge in [0.1, 0.15) is 12.4 Å². The van der Waals surface area contributed by atoms with Crippen LogP contribution in [0.3, 0.4) is 0 Å². The minimum Gasteiger partial charge on any atom is -0.489 e. The van der Waals surface area contributed by atoms with Crippen LogP contribution in [0.1, 0.15) is 46.0 Å². The van der Waals surface area contributed by atoms with Gasteiger partial charge in [0, 0.05) is 0 Å². The smallest absolute Gasteiger partial charge is 0.335 e. The summed E-state index contributed by atoms with van der Waals surface area (Å²) in [6.07, 6.45) is 2.50. The Morgan fingerprint density at radius 2 is 1.60 bits per heavy atom. The molecule has 0 bridgehead atoms. The van der Waals surface area contributed by atoms with Gasteiger partial charge in [-0.3, -0.25) is 0 Å². The second-order valence-electron chi connectivity index (χ2n) is 7.14. The van der Waals surface area contributed by atoms with Crippen LogP contribution in [-0.2, 0) is 19.4 Å². The molecule has 0 heterocycles. The van der Waals surface area contributed by atoms with Crippen LogP contribution in [0.2, 0.25) is 0 Å². The van der Waals surface area contributed by atoms with E-state index in [-0.39, 0.29) is 0 Å². The molecule has 0 unspecified atom stereocenters. The van der Waals surface area contributed by atoms with E-state index in [9.17, 15) is 4.79 Å². The fourth-order valence-corrected chi connectivity index (χ4v) is 3.23. The average Bonchev–Trinajstić information content (AvgIpc) is 2.78. The number of oxime groups is 1. The maximum Gasteiger partial charge on any atom is 0.335 e. The maximum absolute atomic E-state index is 11.0. The molecule has 3 aromatic rings. The molecule has 0 atom stereocenters. The molecular weight excluding hydrogens is 378 g/mol. The van der Waals surface area contributed by atoms with E-state index >= 15 is 0 Å². The van der Waals surface area contributed by atoms with E-state index in [1.807, 2.05) is 60.7 Å². The molecule has 0 spiro atoms. The van der Waals surface area contributed by atoms with Gasteiger partial charge < -0.3 is 15.1 Å². The molecule has 0 aromatic heterocycles. The van der Waals surface area contributed by atoms with Crippen LogP contribution in [0.25, 0.3) is 0 Å². The number of hydrogen-bond acceptors (Lipinski definition) is 4. The molecule has 5 nitrogen and oxygen atoms in total. The van der Waals surface area contributed by atoms with Crippen LogP contribution in [0, 0.1) is 0 Å². The average molecular weight is 403 g/mol. The van der Waals surface area contributed by atoms with E-state index in [4.69, 9.17) is 15.1 Å². The van der Waals surface area contributed by atoms with Crippen LogP contribution in [0.5, 0.6) is 5.75 Å². The van der Waals surface area contributed by atoms with Crippen molar-refractivity contribution in [1.82, 2.24) is 0 Å². The van der Waals surface area contributed by atoms with Crippen LogP contribution < -0.4 is 4.74 Å². The second kappa shape index (κ2) is 10.3. The van der Waals surface area contributed by atoms with Crippen molar-refractivity contribution in [3.8, 4) is 5.75 Å². The van der Waals surface area contributed by atoms with Gasteiger partial charge in [-0.15, -0.1) is 0 Å². The van der Waals surface area contributed by atoms with E-state index in [0.717, 1.165) is 47.3 Å². The number of aryl methyl sites for hydroxylation is 2. The second-order valence-corrected chi connectivity index (χ2v) is 7.14. The summed E-state index contributed by atoms with van der Waals surface area (Å²) in [4.78, 5) is 11.0. The Hall–Kier alpha value is -3.60. The van der Waals surface area contributed by atoms with Crippen molar-refractivity contribution in [2.24, 2.45) is 5.16 Å². The quantitative estimate of drug-likeness (QED) is 0.287. The van der Waals surface area contributed by atoms with Crippen LogP contribution in [0.4, 0.5) is 0 Å². The molecule has 0 aliphatic carbocycles. The van der Waals surface area contributed by atoms with E-state index < -0.39 is 5.97 Å². The number of carbonyl (C=O) groups is 1. The lowest BCUT2D eigenvalue weighted by molar-refractivity contribution is 0.0697. The van der Waals surface area contributed by atoms with Gasteiger partial charge in [0.2, 0.25) is 0 Å². The summed E-state index contributed by atoms with van der Waals surface area (Å²) in [7, 11) is 0. The Balaban J connectivity index is 1.70. The Morgan fingerprint density at radius 1 is 0.900 bits per heavy atom. The van der Waals surface area contributed by atoms with Crippen molar-refractivity contribution in [3.63, 3.8) is 0 Å².